The number of imide groups is 1. The Kier molecular flexibility index (Phi) is 10.4. The molecule has 0 aromatic heterocycles. The number of halogens is 1. The molecule has 0 atom stereocenters. The fourth-order valence-electron chi connectivity index (χ4n) is 3.34. The Bertz CT molecular complexity index is 1330. The first kappa shape index (κ1) is 29.5. The lowest BCUT2D eigenvalue weighted by atomic mass is 10.2. The summed E-state index contributed by atoms with van der Waals surface area (Å²) >= 11 is 6.71. The highest BCUT2D eigenvalue weighted by atomic mass is 35.5. The number of esters is 2. The topological polar surface area (TPSA) is 138 Å². The predicted octanol–water partition coefficient (Wildman–Crippen LogP) is 4.14. The van der Waals surface area contributed by atoms with Gasteiger partial charge in [-0.2, -0.15) is 0 Å². The van der Waals surface area contributed by atoms with Gasteiger partial charge in [-0.15, -0.1) is 0 Å². The number of amides is 3. The Labute approximate surface area is 233 Å². The molecule has 0 radical (unpaired) electrons. The van der Waals surface area contributed by atoms with E-state index in [1.54, 1.807) is 32.0 Å². The van der Waals surface area contributed by atoms with E-state index in [-0.39, 0.29) is 46.7 Å². The summed E-state index contributed by atoms with van der Waals surface area (Å²) in [5, 5.41) is 2.06. The van der Waals surface area contributed by atoms with Crippen molar-refractivity contribution in [2.24, 2.45) is 0 Å². The minimum absolute atomic E-state index is 0.0653. The molecule has 1 heterocycles. The normalized spacial score (nSPS) is 13.8. The first-order chi connectivity index (χ1) is 18.7. The average Bonchev–Trinajstić information content (AvgIpc) is 3.16. The highest BCUT2D eigenvalue weighted by molar-refractivity contribution is 8.18. The van der Waals surface area contributed by atoms with Crippen molar-refractivity contribution in [3.8, 4) is 11.5 Å². The van der Waals surface area contributed by atoms with Crippen LogP contribution in [0.5, 0.6) is 11.5 Å². The summed E-state index contributed by atoms with van der Waals surface area (Å²) in [5.41, 5.74) is 0.802. The van der Waals surface area contributed by atoms with Crippen LogP contribution in [0, 0.1) is 0 Å². The molecule has 39 heavy (non-hydrogen) atoms. The van der Waals surface area contributed by atoms with E-state index in [1.165, 1.54) is 31.4 Å². The molecule has 11 nitrogen and oxygen atoms in total. The number of rotatable bonds is 11. The second-order valence-electron chi connectivity index (χ2n) is 7.74. The van der Waals surface area contributed by atoms with E-state index in [4.69, 9.17) is 30.5 Å². The maximum Gasteiger partial charge on any atom is 0.344 e. The Morgan fingerprint density at radius 1 is 1.03 bits per heavy atom. The summed E-state index contributed by atoms with van der Waals surface area (Å²) in [7, 11) is 1.43. The van der Waals surface area contributed by atoms with Gasteiger partial charge in [-0.25, -0.2) is 9.59 Å². The maximum absolute atomic E-state index is 12.9. The van der Waals surface area contributed by atoms with E-state index in [2.05, 4.69) is 5.32 Å². The second-order valence-corrected chi connectivity index (χ2v) is 9.14. The molecule has 1 saturated heterocycles. The van der Waals surface area contributed by atoms with Gasteiger partial charge < -0.3 is 24.3 Å². The van der Waals surface area contributed by atoms with E-state index >= 15 is 0 Å². The van der Waals surface area contributed by atoms with E-state index in [0.717, 1.165) is 4.90 Å². The quantitative estimate of drug-likeness (QED) is 0.307. The van der Waals surface area contributed by atoms with Crippen molar-refractivity contribution in [2.45, 2.75) is 13.8 Å². The zero-order valence-electron chi connectivity index (χ0n) is 21.3. The van der Waals surface area contributed by atoms with Crippen LogP contribution in [0.1, 0.15) is 29.8 Å². The van der Waals surface area contributed by atoms with Gasteiger partial charge in [-0.1, -0.05) is 17.7 Å². The Morgan fingerprint density at radius 3 is 2.46 bits per heavy atom. The molecule has 2 aromatic carbocycles. The van der Waals surface area contributed by atoms with Crippen LogP contribution in [-0.2, 0) is 23.9 Å². The van der Waals surface area contributed by atoms with Crippen molar-refractivity contribution in [3.63, 3.8) is 0 Å². The average molecular weight is 577 g/mol. The minimum atomic E-state index is -0.659. The van der Waals surface area contributed by atoms with Crippen LogP contribution >= 0.6 is 23.4 Å². The fourth-order valence-corrected chi connectivity index (χ4v) is 4.37. The number of carbonyl (C=O) groups excluding carboxylic acids is 5. The molecule has 3 rings (SSSR count). The number of thioether (sulfide) groups is 1. The van der Waals surface area contributed by atoms with Crippen molar-refractivity contribution in [2.75, 3.05) is 38.8 Å². The smallest absolute Gasteiger partial charge is 0.344 e. The molecule has 1 aliphatic heterocycles. The van der Waals surface area contributed by atoms with Gasteiger partial charge in [-0.05, 0) is 67.6 Å². The number of benzene rings is 2. The molecule has 0 spiro atoms. The zero-order valence-corrected chi connectivity index (χ0v) is 22.8. The Hall–Kier alpha value is -4.03. The van der Waals surface area contributed by atoms with Crippen molar-refractivity contribution in [1.82, 2.24) is 4.90 Å². The molecular weight excluding hydrogens is 552 g/mol. The van der Waals surface area contributed by atoms with E-state index in [1.807, 2.05) is 0 Å². The van der Waals surface area contributed by atoms with E-state index < -0.39 is 35.5 Å². The third-order valence-corrected chi connectivity index (χ3v) is 6.29. The first-order valence-corrected chi connectivity index (χ1v) is 12.8. The number of hydrogen-bond donors (Lipinski definition) is 1. The summed E-state index contributed by atoms with van der Waals surface area (Å²) in [5.74, 6) is -1.93. The lowest BCUT2D eigenvalue weighted by Crippen LogP contribution is -2.36. The van der Waals surface area contributed by atoms with Crippen LogP contribution in [0.3, 0.4) is 0 Å². The zero-order chi connectivity index (χ0) is 28.5. The molecule has 1 N–H and O–H groups in total. The van der Waals surface area contributed by atoms with Crippen LogP contribution in [0.25, 0.3) is 6.08 Å². The van der Waals surface area contributed by atoms with Crippen LogP contribution in [-0.4, -0.2) is 67.4 Å². The van der Waals surface area contributed by atoms with E-state index in [0.29, 0.717) is 23.1 Å². The molecule has 0 saturated carbocycles. The van der Waals surface area contributed by atoms with Gasteiger partial charge in [0.15, 0.2) is 18.1 Å². The molecule has 0 bridgehead atoms. The highest BCUT2D eigenvalue weighted by Gasteiger charge is 2.36. The van der Waals surface area contributed by atoms with Gasteiger partial charge in [0.1, 0.15) is 6.54 Å². The lowest BCUT2D eigenvalue weighted by molar-refractivity contribution is -0.145. The van der Waals surface area contributed by atoms with Gasteiger partial charge in [0, 0.05) is 5.69 Å². The molecule has 2 aromatic rings. The molecule has 0 aliphatic carbocycles. The maximum atomic E-state index is 12.9. The van der Waals surface area contributed by atoms with Crippen LogP contribution in [0.2, 0.25) is 5.02 Å². The summed E-state index contributed by atoms with van der Waals surface area (Å²) in [6.07, 6.45) is 1.46. The Morgan fingerprint density at radius 2 is 1.77 bits per heavy atom. The monoisotopic (exact) mass is 576 g/mol. The van der Waals surface area contributed by atoms with Crippen LogP contribution in [0.15, 0.2) is 41.3 Å². The molecule has 0 unspecified atom stereocenters. The van der Waals surface area contributed by atoms with Gasteiger partial charge in [0.2, 0.25) is 5.91 Å². The highest BCUT2D eigenvalue weighted by Crippen LogP contribution is 2.34. The van der Waals surface area contributed by atoms with Crippen molar-refractivity contribution < 1.29 is 42.9 Å². The lowest BCUT2D eigenvalue weighted by Gasteiger charge is -2.13. The van der Waals surface area contributed by atoms with Gasteiger partial charge in [0.25, 0.3) is 11.1 Å². The summed E-state index contributed by atoms with van der Waals surface area (Å²) < 4.78 is 20.5. The van der Waals surface area contributed by atoms with Crippen molar-refractivity contribution in [3.05, 3.63) is 57.5 Å². The van der Waals surface area contributed by atoms with Gasteiger partial charge in [0.05, 0.1) is 35.8 Å². The fraction of sp³-hybridized carbons (Fsp3) is 0.269. The molecule has 3 amide bonds. The molecule has 13 heteroatoms. The third kappa shape index (κ3) is 7.74. The Balaban J connectivity index is 1.70. The number of nitrogens with one attached hydrogen (secondary N) is 1. The standard InChI is InChI=1S/C26H25ClN2O9S/c1-4-36-23(31)14-38-20-10-15(6-9-19(20)35-3)11-21-24(32)29(26(34)39-21)13-22(30)28-16-7-8-18(27)17(12-16)25(33)37-5-2/h6-12H,4-5,13-14H2,1-3H3,(H,28,30)/b21-11-. The van der Waals surface area contributed by atoms with Crippen LogP contribution < -0.4 is 14.8 Å². The number of ether oxygens (including phenoxy) is 4. The van der Waals surface area contributed by atoms with Crippen LogP contribution in [0.4, 0.5) is 10.5 Å². The SMILES string of the molecule is CCOC(=O)COc1cc(/C=C2\SC(=O)N(CC(=O)Nc3ccc(Cl)c(C(=O)OCC)c3)C2=O)ccc1OC. The number of carbonyl (C=O) groups is 5. The third-order valence-electron chi connectivity index (χ3n) is 5.06. The molecule has 1 fully saturated rings. The van der Waals surface area contributed by atoms with Crippen molar-refractivity contribution >= 4 is 64.1 Å². The second kappa shape index (κ2) is 13.7. The number of nitrogens with zero attached hydrogens (tertiary/aromatic N) is 1. The summed E-state index contributed by atoms with van der Waals surface area (Å²) in [6.45, 7) is 2.80. The number of methoxy groups -OCH3 is 1. The van der Waals surface area contributed by atoms with Gasteiger partial charge >= 0.3 is 11.9 Å². The van der Waals surface area contributed by atoms with Crippen molar-refractivity contribution in [1.29, 1.82) is 0 Å². The predicted molar refractivity (Wildman–Crippen MR) is 144 cm³/mol. The van der Waals surface area contributed by atoms with E-state index in [9.17, 15) is 24.0 Å². The number of hydrogen-bond acceptors (Lipinski definition) is 10. The van der Waals surface area contributed by atoms with Gasteiger partial charge in [-0.3, -0.25) is 19.3 Å². The minimum Gasteiger partial charge on any atom is -0.493 e. The first-order valence-electron chi connectivity index (χ1n) is 11.6. The molecule has 206 valence electrons. The largest absolute Gasteiger partial charge is 0.493 e. The number of anilines is 1. The molecule has 1 aliphatic rings. The summed E-state index contributed by atoms with van der Waals surface area (Å²) in [6, 6.07) is 9.00. The molecular formula is C26H25ClN2O9S. The summed E-state index contributed by atoms with van der Waals surface area (Å²) in [4.78, 5) is 62.6.